The Morgan fingerprint density at radius 3 is 2.48 bits per heavy atom. The Balaban J connectivity index is 3.05. The molecule has 0 bridgehead atoms. The van der Waals surface area contributed by atoms with E-state index in [-0.39, 0.29) is 11.4 Å². The molecule has 0 atom stereocenters. The number of phenols is 1. The molecule has 0 saturated carbocycles. The molecule has 118 valence electrons. The zero-order chi connectivity index (χ0) is 16.3. The first-order valence-electron chi connectivity index (χ1n) is 6.37. The number of amides is 1. The number of nitrogens with one attached hydrogen (secondary N) is 1. The molecule has 5 nitrogen and oxygen atoms in total. The SMILES string of the molecule is CC(C)(C)OC(=O)Nc1ccc(O)cc1C(F)(F)CCO. The summed E-state index contributed by atoms with van der Waals surface area (Å²) in [6.45, 7) is 4.20. The highest BCUT2D eigenvalue weighted by Gasteiger charge is 2.34. The van der Waals surface area contributed by atoms with Gasteiger partial charge >= 0.3 is 6.09 Å². The molecule has 1 aromatic rings. The van der Waals surface area contributed by atoms with Gasteiger partial charge in [0.05, 0.1) is 5.69 Å². The van der Waals surface area contributed by atoms with Crippen LogP contribution in [-0.4, -0.2) is 28.5 Å². The molecule has 0 radical (unpaired) electrons. The maximum atomic E-state index is 13.9. The number of aliphatic hydroxyl groups excluding tert-OH is 1. The molecule has 0 saturated heterocycles. The fraction of sp³-hybridized carbons (Fsp3) is 0.500. The van der Waals surface area contributed by atoms with Gasteiger partial charge in [-0.25, -0.2) is 13.6 Å². The minimum atomic E-state index is -3.39. The van der Waals surface area contributed by atoms with Crippen molar-refractivity contribution in [2.45, 2.75) is 38.7 Å². The molecule has 0 heterocycles. The lowest BCUT2D eigenvalue weighted by molar-refractivity contribution is -0.0264. The summed E-state index contributed by atoms with van der Waals surface area (Å²) in [5.74, 6) is -3.75. The summed E-state index contributed by atoms with van der Waals surface area (Å²) in [6.07, 6.45) is -1.70. The number of aliphatic hydroxyl groups is 1. The average Bonchev–Trinajstić information content (AvgIpc) is 2.28. The second-order valence-corrected chi connectivity index (χ2v) is 5.53. The summed E-state index contributed by atoms with van der Waals surface area (Å²) in [7, 11) is 0. The van der Waals surface area contributed by atoms with E-state index in [2.05, 4.69) is 5.32 Å². The Bertz CT molecular complexity index is 512. The summed E-state index contributed by atoms with van der Waals surface area (Å²) < 4.78 is 32.8. The maximum absolute atomic E-state index is 13.9. The van der Waals surface area contributed by atoms with E-state index in [1.165, 1.54) is 6.07 Å². The van der Waals surface area contributed by atoms with E-state index < -0.39 is 36.2 Å². The van der Waals surface area contributed by atoms with Gasteiger partial charge in [-0.3, -0.25) is 5.32 Å². The van der Waals surface area contributed by atoms with Crippen LogP contribution in [0, 0.1) is 0 Å². The summed E-state index contributed by atoms with van der Waals surface area (Å²) in [6, 6.07) is 3.17. The fourth-order valence-corrected chi connectivity index (χ4v) is 1.63. The van der Waals surface area contributed by atoms with E-state index >= 15 is 0 Å². The van der Waals surface area contributed by atoms with Gasteiger partial charge in [-0.2, -0.15) is 0 Å². The highest BCUT2D eigenvalue weighted by molar-refractivity contribution is 5.86. The molecule has 21 heavy (non-hydrogen) atoms. The number of ether oxygens (including phenoxy) is 1. The summed E-state index contributed by atoms with van der Waals surface area (Å²) in [5.41, 5.74) is -1.53. The summed E-state index contributed by atoms with van der Waals surface area (Å²) >= 11 is 0. The van der Waals surface area contributed by atoms with Gasteiger partial charge in [0.1, 0.15) is 11.4 Å². The molecule has 0 spiro atoms. The lowest BCUT2D eigenvalue weighted by Gasteiger charge is -2.22. The van der Waals surface area contributed by atoms with Crippen LogP contribution in [0.5, 0.6) is 5.75 Å². The van der Waals surface area contributed by atoms with Crippen LogP contribution in [0.3, 0.4) is 0 Å². The van der Waals surface area contributed by atoms with Gasteiger partial charge in [0, 0.05) is 18.6 Å². The average molecular weight is 303 g/mol. The normalized spacial score (nSPS) is 12.1. The lowest BCUT2D eigenvalue weighted by Crippen LogP contribution is -2.28. The number of hydrogen-bond acceptors (Lipinski definition) is 4. The number of anilines is 1. The first-order chi connectivity index (χ1) is 9.55. The number of hydrogen-bond donors (Lipinski definition) is 3. The van der Waals surface area contributed by atoms with E-state index in [4.69, 9.17) is 9.84 Å². The van der Waals surface area contributed by atoms with Gasteiger partial charge in [-0.05, 0) is 39.0 Å². The van der Waals surface area contributed by atoms with E-state index in [1.807, 2.05) is 0 Å². The standard InChI is InChI=1S/C14H19F2NO4/c1-13(2,3)21-12(20)17-11-5-4-9(19)8-10(11)14(15,16)6-7-18/h4-5,8,18-19H,6-7H2,1-3H3,(H,17,20). The molecule has 1 amide bonds. The van der Waals surface area contributed by atoms with Crippen molar-refractivity contribution < 1.29 is 28.5 Å². The van der Waals surface area contributed by atoms with Crippen molar-refractivity contribution in [3.05, 3.63) is 23.8 Å². The third-order valence-corrected chi connectivity index (χ3v) is 2.46. The summed E-state index contributed by atoms with van der Waals surface area (Å²) in [5, 5.41) is 20.3. The molecule has 0 aromatic heterocycles. The lowest BCUT2D eigenvalue weighted by atomic mass is 10.0. The predicted molar refractivity (Wildman–Crippen MR) is 73.6 cm³/mol. The largest absolute Gasteiger partial charge is 0.508 e. The van der Waals surface area contributed by atoms with Gasteiger partial charge < -0.3 is 14.9 Å². The van der Waals surface area contributed by atoms with Crippen LogP contribution >= 0.6 is 0 Å². The Hall–Kier alpha value is -1.89. The minimum absolute atomic E-state index is 0.180. The van der Waals surface area contributed by atoms with Crippen molar-refractivity contribution in [1.82, 2.24) is 0 Å². The van der Waals surface area contributed by atoms with E-state index in [0.29, 0.717) is 0 Å². The number of phenolic OH excluding ortho intramolecular Hbond substituents is 1. The van der Waals surface area contributed by atoms with E-state index in [0.717, 1.165) is 12.1 Å². The highest BCUT2D eigenvalue weighted by Crippen LogP contribution is 2.38. The molecule has 0 aliphatic carbocycles. The predicted octanol–water partition coefficient (Wildman–Crippen LogP) is 3.21. The van der Waals surface area contributed by atoms with Gasteiger partial charge in [0.15, 0.2) is 0 Å². The number of benzene rings is 1. The summed E-state index contributed by atoms with van der Waals surface area (Å²) in [4.78, 5) is 11.7. The number of carbonyl (C=O) groups is 1. The molecule has 0 aliphatic heterocycles. The Morgan fingerprint density at radius 2 is 1.95 bits per heavy atom. The minimum Gasteiger partial charge on any atom is -0.508 e. The molecular formula is C14H19F2NO4. The zero-order valence-electron chi connectivity index (χ0n) is 12.1. The van der Waals surface area contributed by atoms with Crippen LogP contribution in [0.2, 0.25) is 0 Å². The third-order valence-electron chi connectivity index (χ3n) is 2.46. The van der Waals surface area contributed by atoms with Crippen LogP contribution < -0.4 is 5.32 Å². The van der Waals surface area contributed by atoms with Crippen LogP contribution in [0.15, 0.2) is 18.2 Å². The fourth-order valence-electron chi connectivity index (χ4n) is 1.63. The number of halogens is 2. The molecule has 0 aliphatic rings. The van der Waals surface area contributed by atoms with Gasteiger partial charge in [0.2, 0.25) is 0 Å². The molecule has 3 N–H and O–H groups in total. The van der Waals surface area contributed by atoms with Crippen molar-refractivity contribution >= 4 is 11.8 Å². The number of rotatable bonds is 4. The quantitative estimate of drug-likeness (QED) is 0.746. The number of alkyl halides is 2. The van der Waals surface area contributed by atoms with Crippen molar-refractivity contribution in [3.8, 4) is 5.75 Å². The Morgan fingerprint density at radius 1 is 1.33 bits per heavy atom. The molecular weight excluding hydrogens is 284 g/mol. The molecule has 0 fully saturated rings. The number of aromatic hydroxyl groups is 1. The van der Waals surface area contributed by atoms with Crippen LogP contribution in [0.4, 0.5) is 19.3 Å². The van der Waals surface area contributed by atoms with Gasteiger partial charge in [-0.1, -0.05) is 0 Å². The topological polar surface area (TPSA) is 78.8 Å². The Kier molecular flexibility index (Phi) is 5.11. The first kappa shape index (κ1) is 17.2. The van der Waals surface area contributed by atoms with Gasteiger partial charge in [0.25, 0.3) is 5.92 Å². The second-order valence-electron chi connectivity index (χ2n) is 5.53. The van der Waals surface area contributed by atoms with Crippen LogP contribution in [-0.2, 0) is 10.7 Å². The van der Waals surface area contributed by atoms with E-state index in [1.54, 1.807) is 20.8 Å². The smallest absolute Gasteiger partial charge is 0.412 e. The molecule has 0 unspecified atom stereocenters. The second kappa shape index (κ2) is 6.26. The highest BCUT2D eigenvalue weighted by atomic mass is 19.3. The van der Waals surface area contributed by atoms with Gasteiger partial charge in [-0.15, -0.1) is 0 Å². The number of carbonyl (C=O) groups excluding carboxylic acids is 1. The van der Waals surface area contributed by atoms with E-state index in [9.17, 15) is 18.7 Å². The van der Waals surface area contributed by atoms with Crippen molar-refractivity contribution in [1.29, 1.82) is 0 Å². The van der Waals surface area contributed by atoms with Crippen LogP contribution in [0.1, 0.15) is 32.8 Å². The molecule has 1 rings (SSSR count). The monoisotopic (exact) mass is 303 g/mol. The van der Waals surface area contributed by atoms with Crippen molar-refractivity contribution in [2.24, 2.45) is 0 Å². The first-order valence-corrected chi connectivity index (χ1v) is 6.37. The molecule has 1 aromatic carbocycles. The zero-order valence-corrected chi connectivity index (χ0v) is 12.1. The van der Waals surface area contributed by atoms with Crippen LogP contribution in [0.25, 0.3) is 0 Å². The maximum Gasteiger partial charge on any atom is 0.412 e. The Labute approximate surface area is 121 Å². The third kappa shape index (κ3) is 5.18. The molecule has 7 heteroatoms. The van der Waals surface area contributed by atoms with Crippen molar-refractivity contribution in [3.63, 3.8) is 0 Å². The van der Waals surface area contributed by atoms with Crippen molar-refractivity contribution in [2.75, 3.05) is 11.9 Å².